The summed E-state index contributed by atoms with van der Waals surface area (Å²) in [6, 6.07) is 3.09. The molecule has 6 heteroatoms. The van der Waals surface area contributed by atoms with Crippen LogP contribution in [0.3, 0.4) is 0 Å². The van der Waals surface area contributed by atoms with Crippen molar-refractivity contribution in [3.8, 4) is 0 Å². The summed E-state index contributed by atoms with van der Waals surface area (Å²) in [7, 11) is 0. The first kappa shape index (κ1) is 13.6. The predicted octanol–water partition coefficient (Wildman–Crippen LogP) is 2.81. The van der Waals surface area contributed by atoms with Crippen molar-refractivity contribution < 1.29 is 4.92 Å². The van der Waals surface area contributed by atoms with E-state index in [-0.39, 0.29) is 11.7 Å². The van der Waals surface area contributed by atoms with Gasteiger partial charge in [-0.05, 0) is 30.7 Å². The van der Waals surface area contributed by atoms with Gasteiger partial charge in [-0.3, -0.25) is 10.1 Å². The molecule has 0 aliphatic heterocycles. The van der Waals surface area contributed by atoms with E-state index in [9.17, 15) is 10.1 Å². The summed E-state index contributed by atoms with van der Waals surface area (Å²) in [5.74, 6) is 1.76. The van der Waals surface area contributed by atoms with Gasteiger partial charge in [0.15, 0.2) is 0 Å². The minimum atomic E-state index is -0.425. The maximum Gasteiger partial charge on any atom is 0.311 e. The Hall–Kier alpha value is -1.85. The molecular formula is C13H20N4O2. The number of rotatable bonds is 4. The summed E-state index contributed by atoms with van der Waals surface area (Å²) in [6.07, 6.45) is 3.32. The normalized spacial score (nSPS) is 26.3. The molecule has 3 N–H and O–H groups in total. The second-order valence-corrected chi connectivity index (χ2v) is 5.22. The van der Waals surface area contributed by atoms with E-state index >= 15 is 0 Å². The van der Waals surface area contributed by atoms with Gasteiger partial charge in [-0.25, -0.2) is 4.98 Å². The lowest BCUT2D eigenvalue weighted by Gasteiger charge is -2.21. The van der Waals surface area contributed by atoms with Crippen LogP contribution in [0.25, 0.3) is 0 Å². The highest BCUT2D eigenvalue weighted by Gasteiger charge is 2.33. The van der Waals surface area contributed by atoms with Crippen molar-refractivity contribution >= 4 is 17.3 Å². The minimum absolute atomic E-state index is 0.0126. The van der Waals surface area contributed by atoms with Crippen LogP contribution in [0.15, 0.2) is 12.1 Å². The van der Waals surface area contributed by atoms with Crippen molar-refractivity contribution in [1.82, 2.24) is 4.98 Å². The molecule has 1 saturated carbocycles. The second kappa shape index (κ2) is 5.42. The number of pyridine rings is 1. The maximum atomic E-state index is 11.0. The molecule has 0 amide bonds. The maximum absolute atomic E-state index is 11.0. The van der Waals surface area contributed by atoms with Gasteiger partial charge in [-0.1, -0.05) is 20.3 Å². The molecular weight excluding hydrogens is 244 g/mol. The zero-order chi connectivity index (χ0) is 14.0. The summed E-state index contributed by atoms with van der Waals surface area (Å²) in [5.41, 5.74) is 5.60. The minimum Gasteiger partial charge on any atom is -0.384 e. The van der Waals surface area contributed by atoms with Gasteiger partial charge in [0.2, 0.25) is 5.82 Å². The lowest BCUT2D eigenvalue weighted by molar-refractivity contribution is -0.384. The van der Waals surface area contributed by atoms with Crippen LogP contribution in [0.4, 0.5) is 17.3 Å². The number of nitro groups is 1. The monoisotopic (exact) mass is 264 g/mol. The Labute approximate surface area is 112 Å². The highest BCUT2D eigenvalue weighted by molar-refractivity contribution is 5.59. The number of hydrogen-bond acceptors (Lipinski definition) is 5. The Morgan fingerprint density at radius 3 is 2.84 bits per heavy atom. The standard InChI is InChI=1S/C13H20N4O2/c1-3-9-4-5-10(8(9)2)15-13-11(17(18)19)6-7-12(14)16-13/h6-10H,3-5H2,1-2H3,(H3,14,15,16). The molecule has 3 unspecified atom stereocenters. The third-order valence-corrected chi connectivity index (χ3v) is 4.17. The summed E-state index contributed by atoms with van der Waals surface area (Å²) in [4.78, 5) is 14.6. The summed E-state index contributed by atoms with van der Waals surface area (Å²) < 4.78 is 0. The number of hydrogen-bond donors (Lipinski definition) is 2. The lowest BCUT2D eigenvalue weighted by atomic mass is 9.93. The molecule has 6 nitrogen and oxygen atoms in total. The Kier molecular flexibility index (Phi) is 3.87. The Balaban J connectivity index is 2.19. The zero-order valence-electron chi connectivity index (χ0n) is 11.3. The van der Waals surface area contributed by atoms with Gasteiger partial charge >= 0.3 is 5.69 Å². The Bertz CT molecular complexity index is 478. The smallest absolute Gasteiger partial charge is 0.311 e. The Morgan fingerprint density at radius 2 is 2.26 bits per heavy atom. The van der Waals surface area contributed by atoms with E-state index in [1.807, 2.05) is 0 Å². The van der Waals surface area contributed by atoms with Crippen molar-refractivity contribution in [3.63, 3.8) is 0 Å². The van der Waals surface area contributed by atoms with E-state index in [1.165, 1.54) is 12.1 Å². The van der Waals surface area contributed by atoms with Crippen LogP contribution in [0.1, 0.15) is 33.1 Å². The first-order valence-corrected chi connectivity index (χ1v) is 6.70. The quantitative estimate of drug-likeness (QED) is 0.644. The topological polar surface area (TPSA) is 94.1 Å². The van der Waals surface area contributed by atoms with E-state index < -0.39 is 4.92 Å². The summed E-state index contributed by atoms with van der Waals surface area (Å²) >= 11 is 0. The van der Waals surface area contributed by atoms with Gasteiger partial charge in [-0.15, -0.1) is 0 Å². The van der Waals surface area contributed by atoms with Crippen molar-refractivity contribution in [2.45, 2.75) is 39.2 Å². The van der Waals surface area contributed by atoms with Crippen molar-refractivity contribution in [2.24, 2.45) is 11.8 Å². The van der Waals surface area contributed by atoms with Gasteiger partial charge in [0.25, 0.3) is 0 Å². The molecule has 0 aromatic carbocycles. The molecule has 3 atom stereocenters. The highest BCUT2D eigenvalue weighted by Crippen LogP contribution is 2.36. The number of nitrogen functional groups attached to an aromatic ring is 1. The first-order valence-electron chi connectivity index (χ1n) is 6.70. The van der Waals surface area contributed by atoms with Crippen LogP contribution < -0.4 is 11.1 Å². The van der Waals surface area contributed by atoms with E-state index in [0.717, 1.165) is 19.3 Å². The number of nitrogens with zero attached hydrogens (tertiary/aromatic N) is 2. The third-order valence-electron chi connectivity index (χ3n) is 4.17. The van der Waals surface area contributed by atoms with Crippen molar-refractivity contribution in [2.75, 3.05) is 11.1 Å². The lowest BCUT2D eigenvalue weighted by Crippen LogP contribution is -2.25. The van der Waals surface area contributed by atoms with Crippen LogP contribution in [0.2, 0.25) is 0 Å². The Morgan fingerprint density at radius 1 is 1.53 bits per heavy atom. The molecule has 0 saturated heterocycles. The van der Waals surface area contributed by atoms with Crippen LogP contribution >= 0.6 is 0 Å². The van der Waals surface area contributed by atoms with E-state index in [2.05, 4.69) is 24.1 Å². The SMILES string of the molecule is CCC1CCC(Nc2nc(N)ccc2[N+](=O)[O-])C1C. The number of anilines is 2. The average Bonchev–Trinajstić information content (AvgIpc) is 2.70. The van der Waals surface area contributed by atoms with Gasteiger partial charge in [0.1, 0.15) is 5.82 Å². The van der Waals surface area contributed by atoms with Crippen molar-refractivity contribution in [1.29, 1.82) is 0 Å². The molecule has 1 aromatic rings. The molecule has 1 aromatic heterocycles. The van der Waals surface area contributed by atoms with Gasteiger partial charge in [-0.2, -0.15) is 0 Å². The molecule has 0 bridgehead atoms. The molecule has 19 heavy (non-hydrogen) atoms. The van der Waals surface area contributed by atoms with E-state index in [0.29, 0.717) is 23.5 Å². The third kappa shape index (κ3) is 2.77. The summed E-state index contributed by atoms with van der Waals surface area (Å²) in [6.45, 7) is 4.38. The molecule has 1 aliphatic carbocycles. The molecule has 1 aliphatic rings. The summed E-state index contributed by atoms with van der Waals surface area (Å²) in [5, 5.41) is 14.2. The fourth-order valence-corrected chi connectivity index (χ4v) is 2.92. The molecule has 1 fully saturated rings. The molecule has 1 heterocycles. The van der Waals surface area contributed by atoms with Crippen LogP contribution in [0, 0.1) is 22.0 Å². The number of nitrogens with one attached hydrogen (secondary N) is 1. The second-order valence-electron chi connectivity index (χ2n) is 5.22. The van der Waals surface area contributed by atoms with Crippen molar-refractivity contribution in [3.05, 3.63) is 22.2 Å². The largest absolute Gasteiger partial charge is 0.384 e. The number of aromatic nitrogens is 1. The van der Waals surface area contributed by atoms with Gasteiger partial charge in [0, 0.05) is 12.1 Å². The molecule has 0 radical (unpaired) electrons. The van der Waals surface area contributed by atoms with E-state index in [1.54, 1.807) is 0 Å². The predicted molar refractivity (Wildman–Crippen MR) is 74.9 cm³/mol. The van der Waals surface area contributed by atoms with E-state index in [4.69, 9.17) is 5.73 Å². The highest BCUT2D eigenvalue weighted by atomic mass is 16.6. The van der Waals surface area contributed by atoms with Crippen LogP contribution in [-0.2, 0) is 0 Å². The fraction of sp³-hybridized carbons (Fsp3) is 0.615. The fourth-order valence-electron chi connectivity index (χ4n) is 2.92. The van der Waals surface area contributed by atoms with Gasteiger partial charge < -0.3 is 11.1 Å². The van der Waals surface area contributed by atoms with Gasteiger partial charge in [0.05, 0.1) is 4.92 Å². The molecule has 2 rings (SSSR count). The zero-order valence-corrected chi connectivity index (χ0v) is 11.3. The van der Waals surface area contributed by atoms with Crippen LogP contribution in [-0.4, -0.2) is 15.9 Å². The molecule has 104 valence electrons. The van der Waals surface area contributed by atoms with Crippen LogP contribution in [0.5, 0.6) is 0 Å². The average molecular weight is 264 g/mol. The number of nitrogens with two attached hydrogens (primary N) is 1. The molecule has 0 spiro atoms. The first-order chi connectivity index (χ1) is 9.02.